The minimum Gasteiger partial charge on any atom is -0.496 e. The maximum absolute atomic E-state index is 12.4. The largest absolute Gasteiger partial charge is 0.496 e. The summed E-state index contributed by atoms with van der Waals surface area (Å²) in [6.45, 7) is 0.122. The van der Waals surface area contributed by atoms with Crippen molar-refractivity contribution in [2.45, 2.75) is 0 Å². The first kappa shape index (κ1) is 17.8. The third-order valence-electron chi connectivity index (χ3n) is 3.29. The van der Waals surface area contributed by atoms with E-state index >= 15 is 0 Å². The first-order chi connectivity index (χ1) is 12.0. The number of ketones is 1. The van der Waals surface area contributed by atoms with Crippen molar-refractivity contribution in [3.8, 4) is 23.8 Å². The zero-order valence-electron chi connectivity index (χ0n) is 13.5. The number of methoxy groups -OCH3 is 1. The lowest BCUT2D eigenvalue weighted by molar-refractivity contribution is -0.384. The second-order valence-corrected chi connectivity index (χ2v) is 4.90. The summed E-state index contributed by atoms with van der Waals surface area (Å²) >= 11 is 0. The second kappa shape index (κ2) is 8.31. The number of hydrogen-bond donors (Lipinski definition) is 0. The summed E-state index contributed by atoms with van der Waals surface area (Å²) in [7, 11) is 1.46. The maximum atomic E-state index is 12.4. The highest BCUT2D eigenvalue weighted by Crippen LogP contribution is 2.25. The molecule has 0 bridgehead atoms. The molecule has 0 N–H and O–H groups in total. The molecule has 0 unspecified atom stereocenters. The summed E-state index contributed by atoms with van der Waals surface area (Å²) in [6, 6.07) is 10.7. The Hall–Kier alpha value is -3.59. The molecule has 0 aliphatic rings. The zero-order chi connectivity index (χ0) is 18.2. The van der Waals surface area contributed by atoms with Crippen LogP contribution >= 0.6 is 0 Å². The predicted molar refractivity (Wildman–Crippen MR) is 93.8 cm³/mol. The van der Waals surface area contributed by atoms with Crippen LogP contribution in [0.2, 0.25) is 0 Å². The van der Waals surface area contributed by atoms with Crippen LogP contribution in [0.5, 0.6) is 11.5 Å². The number of carbonyl (C=O) groups is 1. The second-order valence-electron chi connectivity index (χ2n) is 4.90. The maximum Gasteiger partial charge on any atom is 0.269 e. The van der Waals surface area contributed by atoms with Gasteiger partial charge in [-0.2, -0.15) is 0 Å². The van der Waals surface area contributed by atoms with Crippen molar-refractivity contribution < 1.29 is 19.2 Å². The van der Waals surface area contributed by atoms with E-state index in [0.29, 0.717) is 22.6 Å². The molecule has 6 nitrogen and oxygen atoms in total. The minimum absolute atomic E-state index is 0.00676. The van der Waals surface area contributed by atoms with Gasteiger partial charge in [0.15, 0.2) is 5.78 Å². The third kappa shape index (κ3) is 4.69. The molecule has 25 heavy (non-hydrogen) atoms. The normalized spacial score (nSPS) is 10.2. The molecule has 0 fully saturated rings. The van der Waals surface area contributed by atoms with Crippen LogP contribution in [0.25, 0.3) is 6.08 Å². The van der Waals surface area contributed by atoms with Crippen LogP contribution in [-0.2, 0) is 0 Å². The SMILES string of the molecule is C#CCOc1ccc(C(=O)/C=C/c2ccc([N+](=O)[O-])cc2)c(OC)c1. The zero-order valence-corrected chi connectivity index (χ0v) is 13.5. The molecule has 6 heteroatoms. The van der Waals surface area contributed by atoms with Crippen molar-refractivity contribution in [3.05, 3.63) is 69.8 Å². The van der Waals surface area contributed by atoms with Gasteiger partial charge in [-0.1, -0.05) is 12.0 Å². The molecule has 0 spiro atoms. The average Bonchev–Trinajstić information content (AvgIpc) is 2.64. The number of ether oxygens (including phenoxy) is 2. The van der Waals surface area contributed by atoms with Gasteiger partial charge in [-0.15, -0.1) is 6.42 Å². The number of hydrogen-bond acceptors (Lipinski definition) is 5. The Labute approximate surface area is 144 Å². The van der Waals surface area contributed by atoms with Crippen LogP contribution in [0, 0.1) is 22.5 Å². The number of rotatable bonds is 7. The lowest BCUT2D eigenvalue weighted by atomic mass is 10.1. The van der Waals surface area contributed by atoms with Crippen LogP contribution in [0.1, 0.15) is 15.9 Å². The summed E-state index contributed by atoms with van der Waals surface area (Å²) in [6.07, 6.45) is 8.09. The Balaban J connectivity index is 2.16. The van der Waals surface area contributed by atoms with Gasteiger partial charge in [0.1, 0.15) is 18.1 Å². The van der Waals surface area contributed by atoms with E-state index in [0.717, 1.165) is 0 Å². The molecule has 0 saturated heterocycles. The van der Waals surface area contributed by atoms with Gasteiger partial charge < -0.3 is 9.47 Å². The van der Waals surface area contributed by atoms with Crippen LogP contribution in [0.4, 0.5) is 5.69 Å². The van der Waals surface area contributed by atoms with Crippen LogP contribution < -0.4 is 9.47 Å². The van der Waals surface area contributed by atoms with Gasteiger partial charge in [-0.05, 0) is 35.9 Å². The van der Waals surface area contributed by atoms with Crippen molar-refractivity contribution in [1.29, 1.82) is 0 Å². The van der Waals surface area contributed by atoms with E-state index in [2.05, 4.69) is 5.92 Å². The smallest absolute Gasteiger partial charge is 0.269 e. The summed E-state index contributed by atoms with van der Waals surface area (Å²) in [5, 5.41) is 10.6. The molecule has 0 heterocycles. The van der Waals surface area contributed by atoms with Crippen molar-refractivity contribution >= 4 is 17.5 Å². The topological polar surface area (TPSA) is 78.7 Å². The Kier molecular flexibility index (Phi) is 5.91. The highest BCUT2D eigenvalue weighted by molar-refractivity contribution is 6.08. The number of nitro benzene ring substituents is 1. The van der Waals surface area contributed by atoms with Gasteiger partial charge in [-0.3, -0.25) is 14.9 Å². The van der Waals surface area contributed by atoms with Gasteiger partial charge in [0.25, 0.3) is 5.69 Å². The molecule has 0 saturated carbocycles. The van der Waals surface area contributed by atoms with E-state index < -0.39 is 4.92 Å². The highest BCUT2D eigenvalue weighted by Gasteiger charge is 2.11. The molecule has 2 aromatic carbocycles. The Morgan fingerprint density at radius 1 is 1.28 bits per heavy atom. The molecule has 0 aliphatic carbocycles. The van der Waals surface area contributed by atoms with Gasteiger partial charge in [-0.25, -0.2) is 0 Å². The third-order valence-corrected chi connectivity index (χ3v) is 3.29. The molecule has 0 atom stereocenters. The van der Waals surface area contributed by atoms with E-state index in [4.69, 9.17) is 15.9 Å². The average molecular weight is 337 g/mol. The predicted octanol–water partition coefficient (Wildman–Crippen LogP) is 3.51. The standard InChI is InChI=1S/C19H15NO5/c1-3-12-25-16-9-10-17(19(13-16)24-2)18(21)11-6-14-4-7-15(8-5-14)20(22)23/h1,4-11,13H,12H2,2H3/b11-6+. The van der Waals surface area contributed by atoms with Crippen molar-refractivity contribution in [3.63, 3.8) is 0 Å². The van der Waals surface area contributed by atoms with Crippen molar-refractivity contribution in [2.75, 3.05) is 13.7 Å². The van der Waals surface area contributed by atoms with Crippen molar-refractivity contribution in [2.24, 2.45) is 0 Å². The molecule has 0 amide bonds. The highest BCUT2D eigenvalue weighted by atomic mass is 16.6. The molecular weight excluding hydrogens is 322 g/mol. The molecule has 2 aromatic rings. The van der Waals surface area contributed by atoms with Crippen LogP contribution in [0.3, 0.4) is 0 Å². The number of nitro groups is 1. The first-order valence-corrected chi connectivity index (χ1v) is 7.26. The van der Waals surface area contributed by atoms with E-state index in [1.54, 1.807) is 36.4 Å². The van der Waals surface area contributed by atoms with Gasteiger partial charge in [0.05, 0.1) is 17.6 Å². The summed E-state index contributed by atoms with van der Waals surface area (Å²) in [5.41, 5.74) is 1.04. The Morgan fingerprint density at radius 3 is 2.60 bits per heavy atom. The summed E-state index contributed by atoms with van der Waals surface area (Å²) < 4.78 is 10.5. The molecule has 126 valence electrons. The number of benzene rings is 2. The van der Waals surface area contributed by atoms with Gasteiger partial charge in [0, 0.05) is 18.2 Å². The minimum atomic E-state index is -0.479. The molecule has 0 radical (unpaired) electrons. The van der Waals surface area contributed by atoms with E-state index in [1.165, 1.54) is 25.3 Å². The number of carbonyl (C=O) groups excluding carboxylic acids is 1. The van der Waals surface area contributed by atoms with Crippen LogP contribution in [-0.4, -0.2) is 24.4 Å². The first-order valence-electron chi connectivity index (χ1n) is 7.26. The van der Waals surface area contributed by atoms with Gasteiger partial charge >= 0.3 is 0 Å². The fourth-order valence-electron chi connectivity index (χ4n) is 2.06. The van der Waals surface area contributed by atoms with E-state index in [9.17, 15) is 14.9 Å². The lowest BCUT2D eigenvalue weighted by Gasteiger charge is -2.08. The fraction of sp³-hybridized carbons (Fsp3) is 0.105. The number of allylic oxidation sites excluding steroid dienone is 1. The fourth-order valence-corrected chi connectivity index (χ4v) is 2.06. The summed E-state index contributed by atoms with van der Waals surface area (Å²) in [4.78, 5) is 22.5. The number of nitrogens with zero attached hydrogens (tertiary/aromatic N) is 1. The van der Waals surface area contributed by atoms with E-state index in [-0.39, 0.29) is 18.1 Å². The monoisotopic (exact) mass is 337 g/mol. The Morgan fingerprint density at radius 2 is 2.00 bits per heavy atom. The lowest BCUT2D eigenvalue weighted by Crippen LogP contribution is -2.01. The van der Waals surface area contributed by atoms with E-state index in [1.807, 2.05) is 0 Å². The number of non-ortho nitro benzene ring substituents is 1. The number of terminal acetylenes is 1. The summed E-state index contributed by atoms with van der Waals surface area (Å²) in [5.74, 6) is 2.97. The molecule has 2 rings (SSSR count). The quantitative estimate of drug-likeness (QED) is 0.254. The van der Waals surface area contributed by atoms with Gasteiger partial charge in [0.2, 0.25) is 0 Å². The molecule has 0 aromatic heterocycles. The Bertz CT molecular complexity index is 847. The van der Waals surface area contributed by atoms with Crippen LogP contribution in [0.15, 0.2) is 48.5 Å². The van der Waals surface area contributed by atoms with Crippen molar-refractivity contribution in [1.82, 2.24) is 0 Å². The molecule has 0 aliphatic heterocycles. The molecular formula is C19H15NO5.